The van der Waals surface area contributed by atoms with Crippen LogP contribution in [0.15, 0.2) is 65.8 Å². The second kappa shape index (κ2) is 28.9. The van der Waals surface area contributed by atoms with Crippen molar-refractivity contribution in [3.05, 3.63) is 71.9 Å². The standard InChI is InChI=1S/C45H65N13O11S/c1-3-24(2)37(58-40(64)31(15-16-35(47)60)53-36(61)21-52-38(62)28(46)22-59)43(67)56-33(19-26-20-51-29-13-8-7-12-27(26)29)42(66)55-32(18-25-10-5-4-6-11-25)41(65)54-30(14-9-17-50-45(48)49)39(63)57-34(23-70)44(68)69/h4-8,10-13,20,24,28,30-34,37,51,59,70H,3,9,14-19,21-23,46H2,1-2H3,(H2,47,60)(H,52,62)(H,53,61)(H,54,65)(H,55,66)(H,56,67)(H,57,63)(H,58,64)(H,68,69)(H4,48,49,50)/t24-,28-,30-,31-,32-,33-,34-,37-/m0/s1. The van der Waals surface area contributed by atoms with E-state index in [1.54, 1.807) is 68.6 Å². The van der Waals surface area contributed by atoms with Gasteiger partial charge in [-0.05, 0) is 42.4 Å². The van der Waals surface area contributed by atoms with Gasteiger partial charge in [-0.1, -0.05) is 68.8 Å². The zero-order valence-electron chi connectivity index (χ0n) is 38.9. The van der Waals surface area contributed by atoms with Crippen LogP contribution in [0.4, 0.5) is 0 Å². The molecule has 24 nitrogen and oxygen atoms in total. The third-order valence-corrected chi connectivity index (χ3v) is 11.5. The number of amides is 8. The fourth-order valence-electron chi connectivity index (χ4n) is 6.96. The first-order valence-corrected chi connectivity index (χ1v) is 23.1. The summed E-state index contributed by atoms with van der Waals surface area (Å²) in [5, 5.41) is 37.3. The number of carboxylic acid groups (broad SMARTS) is 1. The van der Waals surface area contributed by atoms with Crippen molar-refractivity contribution < 1.29 is 53.4 Å². The normalized spacial score (nSPS) is 14.4. The van der Waals surface area contributed by atoms with Gasteiger partial charge in [0, 0.05) is 48.7 Å². The summed E-state index contributed by atoms with van der Waals surface area (Å²) in [6, 6.07) is 6.16. The van der Waals surface area contributed by atoms with Crippen molar-refractivity contribution in [2.45, 2.75) is 101 Å². The molecule has 0 radical (unpaired) electrons. The maximum Gasteiger partial charge on any atom is 0.327 e. The molecule has 3 rings (SSSR count). The number of hydrogen-bond donors (Lipinski definition) is 15. The van der Waals surface area contributed by atoms with Gasteiger partial charge in [-0.2, -0.15) is 12.6 Å². The molecule has 8 amide bonds. The van der Waals surface area contributed by atoms with Crippen LogP contribution in [0.1, 0.15) is 57.1 Å². The molecular formula is C45H65N13O11S. The SMILES string of the molecule is CC[C@H](C)[C@H](NC(=O)[C@H](CCC(N)=O)NC(=O)CNC(=O)[C@@H](N)CO)C(=O)N[C@@H](Cc1c[nH]c2ccccc12)C(=O)N[C@@H](Cc1ccccc1)C(=O)N[C@@H](CCCN=C(N)N)C(=O)N[C@@H](CS)C(=O)O. The number of carbonyl (C=O) groups is 9. The number of benzene rings is 2. The zero-order chi connectivity index (χ0) is 51.9. The second-order valence-electron chi connectivity index (χ2n) is 16.5. The van der Waals surface area contributed by atoms with Gasteiger partial charge < -0.3 is 75.3 Å². The van der Waals surface area contributed by atoms with Crippen LogP contribution in [0.5, 0.6) is 0 Å². The minimum absolute atomic E-state index is 0.0514. The van der Waals surface area contributed by atoms with Crippen LogP contribution >= 0.6 is 12.6 Å². The number of primary amides is 1. The summed E-state index contributed by atoms with van der Waals surface area (Å²) in [6.07, 6.45) is 1.22. The van der Waals surface area contributed by atoms with Crippen LogP contribution in [0.25, 0.3) is 10.9 Å². The Morgan fingerprint density at radius 1 is 0.714 bits per heavy atom. The Morgan fingerprint density at radius 2 is 1.29 bits per heavy atom. The summed E-state index contributed by atoms with van der Waals surface area (Å²) in [7, 11) is 0. The molecular weight excluding hydrogens is 931 g/mol. The minimum Gasteiger partial charge on any atom is -0.480 e. The number of aromatic amines is 1. The number of nitrogens with zero attached hydrogens (tertiary/aromatic N) is 1. The van der Waals surface area contributed by atoms with Gasteiger partial charge >= 0.3 is 5.97 Å². The maximum absolute atomic E-state index is 14.7. The number of para-hydroxylation sites is 1. The summed E-state index contributed by atoms with van der Waals surface area (Å²) in [5.74, 6) is -9.17. The molecule has 8 atom stereocenters. The van der Waals surface area contributed by atoms with Gasteiger partial charge in [-0.25, -0.2) is 4.79 Å². The molecule has 0 saturated carbocycles. The van der Waals surface area contributed by atoms with Crippen LogP contribution in [0, 0.1) is 5.92 Å². The third kappa shape index (κ3) is 18.7. The number of carbonyl (C=O) groups excluding carboxylic acids is 8. The molecule has 18 N–H and O–H groups in total. The van der Waals surface area contributed by atoms with Gasteiger partial charge in [0.05, 0.1) is 13.2 Å². The van der Waals surface area contributed by atoms with E-state index in [1.165, 1.54) is 0 Å². The van der Waals surface area contributed by atoms with E-state index in [1.807, 2.05) is 6.07 Å². The van der Waals surface area contributed by atoms with E-state index in [9.17, 15) is 48.3 Å². The quantitative estimate of drug-likeness (QED) is 0.0135. The topological polar surface area (TPSA) is 411 Å². The molecule has 0 bridgehead atoms. The van der Waals surface area contributed by atoms with Crippen LogP contribution < -0.4 is 60.2 Å². The van der Waals surface area contributed by atoms with E-state index in [2.05, 4.69) is 59.8 Å². The average Bonchev–Trinajstić information content (AvgIpc) is 3.74. The van der Waals surface area contributed by atoms with Crippen molar-refractivity contribution in [3.8, 4) is 0 Å². The first-order valence-electron chi connectivity index (χ1n) is 22.5. The van der Waals surface area contributed by atoms with Gasteiger partial charge in [-0.15, -0.1) is 0 Å². The molecule has 382 valence electrons. The van der Waals surface area contributed by atoms with E-state index in [-0.39, 0.29) is 56.8 Å². The number of aliphatic carboxylic acids is 1. The number of nitrogens with two attached hydrogens (primary N) is 4. The van der Waals surface area contributed by atoms with Crippen LogP contribution in [0.3, 0.4) is 0 Å². The lowest BCUT2D eigenvalue weighted by Crippen LogP contribution is -2.61. The van der Waals surface area contributed by atoms with E-state index >= 15 is 0 Å². The van der Waals surface area contributed by atoms with Gasteiger partial charge in [-0.3, -0.25) is 43.3 Å². The molecule has 0 saturated heterocycles. The van der Waals surface area contributed by atoms with Crippen LogP contribution in [-0.2, 0) is 56.0 Å². The fraction of sp³-hybridized carbons (Fsp3) is 0.467. The number of aliphatic hydroxyl groups excluding tert-OH is 1. The van der Waals surface area contributed by atoms with Crippen LogP contribution in [0.2, 0.25) is 0 Å². The monoisotopic (exact) mass is 995 g/mol. The Bertz CT molecular complexity index is 2310. The molecule has 0 aliphatic rings. The summed E-state index contributed by atoms with van der Waals surface area (Å²) in [5.41, 5.74) is 23.7. The summed E-state index contributed by atoms with van der Waals surface area (Å²) < 4.78 is 0. The molecule has 0 spiro atoms. The number of hydrogen-bond acceptors (Lipinski definition) is 13. The van der Waals surface area contributed by atoms with Crippen molar-refractivity contribution in [1.82, 2.24) is 42.2 Å². The number of thiol groups is 1. The van der Waals surface area contributed by atoms with Crippen molar-refractivity contribution >= 4 is 82.7 Å². The third-order valence-electron chi connectivity index (χ3n) is 11.1. The molecule has 25 heteroatoms. The van der Waals surface area contributed by atoms with Crippen molar-refractivity contribution in [2.24, 2.45) is 33.8 Å². The van der Waals surface area contributed by atoms with E-state index < -0.39 is 115 Å². The van der Waals surface area contributed by atoms with Gasteiger partial charge in [0.15, 0.2) is 5.96 Å². The molecule has 0 aliphatic carbocycles. The Morgan fingerprint density at radius 3 is 1.90 bits per heavy atom. The lowest BCUT2D eigenvalue weighted by Gasteiger charge is -2.29. The predicted octanol–water partition coefficient (Wildman–Crippen LogP) is -3.32. The summed E-state index contributed by atoms with van der Waals surface area (Å²) in [6.45, 7) is 2.14. The minimum atomic E-state index is -1.43. The van der Waals surface area contributed by atoms with Crippen LogP contribution in [-0.4, -0.2) is 142 Å². The number of nitrogens with one attached hydrogen (secondary N) is 8. The molecule has 0 aliphatic heterocycles. The number of aliphatic hydroxyl groups is 1. The maximum atomic E-state index is 14.7. The Balaban J connectivity index is 2.01. The Labute approximate surface area is 409 Å². The number of rotatable bonds is 30. The lowest BCUT2D eigenvalue weighted by molar-refractivity contribution is -0.141. The largest absolute Gasteiger partial charge is 0.480 e. The highest BCUT2D eigenvalue weighted by Gasteiger charge is 2.35. The molecule has 2 aromatic carbocycles. The number of carboxylic acids is 1. The number of aliphatic imine (C=N–C) groups is 1. The van der Waals surface area contributed by atoms with Gasteiger partial charge in [0.1, 0.15) is 42.3 Å². The fourth-order valence-corrected chi connectivity index (χ4v) is 7.21. The smallest absolute Gasteiger partial charge is 0.327 e. The molecule has 1 heterocycles. The molecule has 0 unspecified atom stereocenters. The molecule has 0 fully saturated rings. The van der Waals surface area contributed by atoms with Gasteiger partial charge in [0.25, 0.3) is 0 Å². The highest BCUT2D eigenvalue weighted by molar-refractivity contribution is 7.80. The number of H-pyrrole nitrogens is 1. The molecule has 1 aromatic heterocycles. The summed E-state index contributed by atoms with van der Waals surface area (Å²) >= 11 is 4.02. The van der Waals surface area contributed by atoms with Crippen molar-refractivity contribution in [3.63, 3.8) is 0 Å². The van der Waals surface area contributed by atoms with Crippen molar-refractivity contribution in [1.29, 1.82) is 0 Å². The van der Waals surface area contributed by atoms with Crippen molar-refractivity contribution in [2.75, 3.05) is 25.4 Å². The lowest BCUT2D eigenvalue weighted by atomic mass is 9.96. The number of aromatic nitrogens is 1. The zero-order valence-corrected chi connectivity index (χ0v) is 39.8. The molecule has 70 heavy (non-hydrogen) atoms. The van der Waals surface area contributed by atoms with Gasteiger partial charge in [0.2, 0.25) is 47.3 Å². The first-order chi connectivity index (χ1) is 33.3. The average molecular weight is 996 g/mol. The number of guanidine groups is 1. The highest BCUT2D eigenvalue weighted by atomic mass is 32.1. The Kier molecular flexibility index (Phi) is 23.6. The predicted molar refractivity (Wildman–Crippen MR) is 261 cm³/mol. The molecule has 3 aromatic rings. The van der Waals surface area contributed by atoms with E-state index in [0.29, 0.717) is 17.5 Å². The van der Waals surface area contributed by atoms with E-state index in [4.69, 9.17) is 28.0 Å². The number of fused-ring (bicyclic) bond motifs is 1. The second-order valence-corrected chi connectivity index (χ2v) is 16.8. The summed E-state index contributed by atoms with van der Waals surface area (Å²) in [4.78, 5) is 126. The Hall–Kier alpha value is -7.25. The highest BCUT2D eigenvalue weighted by Crippen LogP contribution is 2.20. The van der Waals surface area contributed by atoms with E-state index in [0.717, 1.165) is 10.9 Å². The first kappa shape index (κ1) is 57.1.